The van der Waals surface area contributed by atoms with Crippen LogP contribution in [0.2, 0.25) is 0 Å². The number of piperazine rings is 1. The van der Waals surface area contributed by atoms with Gasteiger partial charge in [-0.1, -0.05) is 36.4 Å². The van der Waals surface area contributed by atoms with E-state index in [-0.39, 0.29) is 0 Å². The van der Waals surface area contributed by atoms with Gasteiger partial charge < -0.3 is 4.90 Å². The minimum absolute atomic E-state index is 0.485. The van der Waals surface area contributed by atoms with Gasteiger partial charge in [-0.2, -0.15) is 5.26 Å². The third kappa shape index (κ3) is 3.39. The van der Waals surface area contributed by atoms with Gasteiger partial charge in [0.15, 0.2) is 0 Å². The average molecular weight is 278 g/mol. The highest BCUT2D eigenvalue weighted by Crippen LogP contribution is 2.15. The van der Waals surface area contributed by atoms with Crippen molar-refractivity contribution in [2.24, 2.45) is 0 Å². The van der Waals surface area contributed by atoms with E-state index in [1.54, 1.807) is 6.07 Å². The lowest BCUT2D eigenvalue weighted by atomic mass is 10.2. The molecule has 1 aliphatic heterocycles. The van der Waals surface area contributed by atoms with E-state index in [4.69, 9.17) is 5.26 Å². The first kappa shape index (κ1) is 13.6. The van der Waals surface area contributed by atoms with Crippen LogP contribution < -0.4 is 4.90 Å². The topological polar surface area (TPSA) is 43.2 Å². The van der Waals surface area contributed by atoms with Crippen LogP contribution in [-0.2, 0) is 6.54 Å². The number of rotatable bonds is 3. The van der Waals surface area contributed by atoms with E-state index in [1.807, 2.05) is 12.1 Å². The van der Waals surface area contributed by atoms with E-state index >= 15 is 0 Å². The van der Waals surface area contributed by atoms with E-state index in [9.17, 15) is 0 Å². The Morgan fingerprint density at radius 1 is 0.952 bits per heavy atom. The number of benzene rings is 1. The van der Waals surface area contributed by atoms with Crippen molar-refractivity contribution in [1.82, 2.24) is 9.88 Å². The minimum atomic E-state index is 0.485. The third-order valence-electron chi connectivity index (χ3n) is 3.79. The summed E-state index contributed by atoms with van der Waals surface area (Å²) < 4.78 is 0. The lowest BCUT2D eigenvalue weighted by Gasteiger charge is -2.35. The molecular weight excluding hydrogens is 260 g/mol. The Bertz CT molecular complexity index is 625. The van der Waals surface area contributed by atoms with Gasteiger partial charge in [-0.15, -0.1) is 0 Å². The number of nitrogens with zero attached hydrogens (tertiary/aromatic N) is 4. The lowest BCUT2D eigenvalue weighted by molar-refractivity contribution is 0.249. The molecule has 0 saturated carbocycles. The summed E-state index contributed by atoms with van der Waals surface area (Å²) in [5, 5.41) is 8.93. The van der Waals surface area contributed by atoms with Gasteiger partial charge in [0.1, 0.15) is 17.6 Å². The Balaban J connectivity index is 1.59. The first-order valence-electron chi connectivity index (χ1n) is 7.23. The molecule has 0 spiro atoms. The Morgan fingerprint density at radius 2 is 1.71 bits per heavy atom. The van der Waals surface area contributed by atoms with Crippen molar-refractivity contribution in [3.05, 3.63) is 59.8 Å². The molecule has 3 rings (SSSR count). The number of aromatic nitrogens is 1. The molecule has 0 radical (unpaired) electrons. The summed E-state index contributed by atoms with van der Waals surface area (Å²) in [6.45, 7) is 4.95. The molecule has 0 amide bonds. The SMILES string of the molecule is N#Cc1cccc(N2CCN(Cc3ccccc3)CC2)n1. The molecule has 0 N–H and O–H groups in total. The van der Waals surface area contributed by atoms with E-state index < -0.39 is 0 Å². The molecule has 0 aliphatic carbocycles. The third-order valence-corrected chi connectivity index (χ3v) is 3.79. The zero-order chi connectivity index (χ0) is 14.5. The minimum Gasteiger partial charge on any atom is -0.354 e. The molecule has 106 valence electrons. The van der Waals surface area contributed by atoms with Gasteiger partial charge in [-0.05, 0) is 17.7 Å². The van der Waals surface area contributed by atoms with Crippen molar-refractivity contribution in [2.75, 3.05) is 31.1 Å². The van der Waals surface area contributed by atoms with Crippen molar-refractivity contribution in [3.63, 3.8) is 0 Å². The molecule has 1 aromatic carbocycles. The Kier molecular flexibility index (Phi) is 4.13. The number of hydrogen-bond donors (Lipinski definition) is 0. The fourth-order valence-corrected chi connectivity index (χ4v) is 2.64. The second kappa shape index (κ2) is 6.38. The van der Waals surface area contributed by atoms with Gasteiger partial charge >= 0.3 is 0 Å². The summed E-state index contributed by atoms with van der Waals surface area (Å²) in [5.74, 6) is 0.911. The Labute approximate surface area is 125 Å². The van der Waals surface area contributed by atoms with E-state index in [0.717, 1.165) is 38.5 Å². The highest BCUT2D eigenvalue weighted by atomic mass is 15.3. The van der Waals surface area contributed by atoms with Crippen molar-refractivity contribution < 1.29 is 0 Å². The van der Waals surface area contributed by atoms with Crippen molar-refractivity contribution in [3.8, 4) is 6.07 Å². The molecule has 21 heavy (non-hydrogen) atoms. The van der Waals surface area contributed by atoms with Gasteiger partial charge in [-0.25, -0.2) is 4.98 Å². The van der Waals surface area contributed by atoms with Gasteiger partial charge in [0.2, 0.25) is 0 Å². The normalized spacial score (nSPS) is 15.7. The maximum Gasteiger partial charge on any atom is 0.142 e. The summed E-state index contributed by atoms with van der Waals surface area (Å²) in [6.07, 6.45) is 0. The fourth-order valence-electron chi connectivity index (χ4n) is 2.64. The van der Waals surface area contributed by atoms with Crippen LogP contribution >= 0.6 is 0 Å². The lowest BCUT2D eigenvalue weighted by Crippen LogP contribution is -2.46. The van der Waals surface area contributed by atoms with Gasteiger partial charge in [-0.3, -0.25) is 4.90 Å². The maximum absolute atomic E-state index is 8.93. The summed E-state index contributed by atoms with van der Waals surface area (Å²) in [7, 11) is 0. The predicted octanol–water partition coefficient (Wildman–Crippen LogP) is 2.28. The molecule has 1 aromatic heterocycles. The molecule has 4 nitrogen and oxygen atoms in total. The molecule has 0 unspecified atom stereocenters. The summed E-state index contributed by atoms with van der Waals surface area (Å²) in [4.78, 5) is 9.08. The quantitative estimate of drug-likeness (QED) is 0.864. The molecule has 0 atom stereocenters. The standard InChI is InChI=1S/C17H18N4/c18-13-16-7-4-8-17(19-16)21-11-9-20(10-12-21)14-15-5-2-1-3-6-15/h1-8H,9-12,14H2. The summed E-state index contributed by atoms with van der Waals surface area (Å²) in [5.41, 5.74) is 1.84. The number of hydrogen-bond acceptors (Lipinski definition) is 4. The first-order chi connectivity index (χ1) is 10.3. The first-order valence-corrected chi connectivity index (χ1v) is 7.23. The maximum atomic E-state index is 8.93. The van der Waals surface area contributed by atoms with Crippen LogP contribution in [0.5, 0.6) is 0 Å². The largest absolute Gasteiger partial charge is 0.354 e. The molecule has 0 bridgehead atoms. The fraction of sp³-hybridized carbons (Fsp3) is 0.294. The van der Waals surface area contributed by atoms with Gasteiger partial charge in [0.05, 0.1) is 0 Å². The molecule has 1 saturated heterocycles. The monoisotopic (exact) mass is 278 g/mol. The Morgan fingerprint density at radius 3 is 2.43 bits per heavy atom. The van der Waals surface area contributed by atoms with Crippen LogP contribution in [0.15, 0.2) is 48.5 Å². The number of pyridine rings is 1. The second-order valence-corrected chi connectivity index (χ2v) is 5.24. The number of anilines is 1. The summed E-state index contributed by atoms with van der Waals surface area (Å²) in [6, 6.07) is 18.3. The highest BCUT2D eigenvalue weighted by Gasteiger charge is 2.18. The van der Waals surface area contributed by atoms with E-state index in [1.165, 1.54) is 5.56 Å². The molecule has 2 aromatic rings. The van der Waals surface area contributed by atoms with E-state index in [0.29, 0.717) is 5.69 Å². The van der Waals surface area contributed by atoms with Crippen LogP contribution in [0.3, 0.4) is 0 Å². The van der Waals surface area contributed by atoms with Crippen LogP contribution in [0.4, 0.5) is 5.82 Å². The van der Waals surface area contributed by atoms with Crippen LogP contribution in [-0.4, -0.2) is 36.1 Å². The van der Waals surface area contributed by atoms with Crippen molar-refractivity contribution in [2.45, 2.75) is 6.54 Å². The summed E-state index contributed by atoms with van der Waals surface area (Å²) >= 11 is 0. The predicted molar refractivity (Wildman–Crippen MR) is 82.9 cm³/mol. The van der Waals surface area contributed by atoms with Crippen LogP contribution in [0.1, 0.15) is 11.3 Å². The molecule has 1 aliphatic rings. The van der Waals surface area contributed by atoms with Gasteiger partial charge in [0.25, 0.3) is 0 Å². The zero-order valence-corrected chi connectivity index (χ0v) is 11.9. The number of nitriles is 1. The van der Waals surface area contributed by atoms with Crippen LogP contribution in [0.25, 0.3) is 0 Å². The zero-order valence-electron chi connectivity index (χ0n) is 11.9. The highest BCUT2D eigenvalue weighted by molar-refractivity contribution is 5.42. The van der Waals surface area contributed by atoms with Gasteiger partial charge in [0, 0.05) is 32.7 Å². The molecule has 4 heteroatoms. The van der Waals surface area contributed by atoms with E-state index in [2.05, 4.69) is 51.2 Å². The van der Waals surface area contributed by atoms with Crippen molar-refractivity contribution in [1.29, 1.82) is 5.26 Å². The van der Waals surface area contributed by atoms with Crippen molar-refractivity contribution >= 4 is 5.82 Å². The molecular formula is C17H18N4. The smallest absolute Gasteiger partial charge is 0.142 e. The molecule has 1 fully saturated rings. The van der Waals surface area contributed by atoms with Crippen LogP contribution in [0, 0.1) is 11.3 Å². The Hall–Kier alpha value is -2.38. The average Bonchev–Trinajstić information content (AvgIpc) is 2.56. The second-order valence-electron chi connectivity index (χ2n) is 5.24. The molecule has 2 heterocycles.